The Labute approximate surface area is 88.2 Å². The molecule has 0 saturated heterocycles. The first-order valence-corrected chi connectivity index (χ1v) is 6.08. The van der Waals surface area contributed by atoms with E-state index in [0.717, 1.165) is 13.1 Å². The van der Waals surface area contributed by atoms with E-state index >= 15 is 0 Å². The molecule has 1 aliphatic carbocycles. The van der Waals surface area contributed by atoms with E-state index in [1.165, 1.54) is 49.9 Å². The molecule has 0 aromatic rings. The molecule has 0 radical (unpaired) electrons. The van der Waals surface area contributed by atoms with Gasteiger partial charge in [0.2, 0.25) is 0 Å². The largest absolute Gasteiger partial charge is 0.387 e. The molecule has 0 saturated carbocycles. The quantitative estimate of drug-likeness (QED) is 0.682. The van der Waals surface area contributed by atoms with E-state index in [4.69, 9.17) is 0 Å². The van der Waals surface area contributed by atoms with Gasteiger partial charge in [0.1, 0.15) is 0 Å². The number of nitrogens with one attached hydrogen (secondary N) is 2. The molecule has 0 atom stereocenters. The van der Waals surface area contributed by atoms with Crippen molar-refractivity contribution in [2.45, 2.75) is 52.4 Å². The summed E-state index contributed by atoms with van der Waals surface area (Å²) in [5.74, 6) is 0. The lowest BCUT2D eigenvalue weighted by molar-refractivity contribution is 0.570. The van der Waals surface area contributed by atoms with E-state index < -0.39 is 0 Å². The van der Waals surface area contributed by atoms with Gasteiger partial charge in [0.05, 0.1) is 0 Å². The summed E-state index contributed by atoms with van der Waals surface area (Å²) in [6, 6.07) is 0. The highest BCUT2D eigenvalue weighted by atomic mass is 15.0. The van der Waals surface area contributed by atoms with Crippen LogP contribution in [0.25, 0.3) is 0 Å². The molecular weight excluding hydrogens is 172 g/mol. The molecule has 0 aromatic carbocycles. The van der Waals surface area contributed by atoms with Crippen LogP contribution < -0.4 is 10.6 Å². The van der Waals surface area contributed by atoms with Crippen molar-refractivity contribution in [2.75, 3.05) is 13.1 Å². The molecule has 0 aliphatic heterocycles. The zero-order valence-electron chi connectivity index (χ0n) is 9.66. The van der Waals surface area contributed by atoms with Crippen molar-refractivity contribution in [3.8, 4) is 0 Å². The normalized spacial score (nSPS) is 17.0. The van der Waals surface area contributed by atoms with Gasteiger partial charge in [-0.2, -0.15) is 0 Å². The molecule has 0 bridgehead atoms. The van der Waals surface area contributed by atoms with Crippen molar-refractivity contribution in [1.29, 1.82) is 0 Å². The summed E-state index contributed by atoms with van der Waals surface area (Å²) < 4.78 is 0. The van der Waals surface area contributed by atoms with Crippen molar-refractivity contribution >= 4 is 0 Å². The summed E-state index contributed by atoms with van der Waals surface area (Å²) >= 11 is 0. The second kappa shape index (κ2) is 6.74. The van der Waals surface area contributed by atoms with Crippen LogP contribution >= 0.6 is 0 Å². The minimum absolute atomic E-state index is 1.12. The minimum atomic E-state index is 1.12. The summed E-state index contributed by atoms with van der Waals surface area (Å²) in [5, 5.41) is 7.09. The second-order valence-electron chi connectivity index (χ2n) is 4.02. The van der Waals surface area contributed by atoms with Gasteiger partial charge in [0.15, 0.2) is 0 Å². The highest BCUT2D eigenvalue weighted by molar-refractivity contribution is 5.13. The summed E-state index contributed by atoms with van der Waals surface area (Å²) in [6.45, 7) is 6.67. The van der Waals surface area contributed by atoms with Crippen molar-refractivity contribution in [2.24, 2.45) is 0 Å². The molecule has 0 heterocycles. The maximum absolute atomic E-state index is 3.55. The first kappa shape index (κ1) is 11.4. The van der Waals surface area contributed by atoms with Crippen LogP contribution in [0.5, 0.6) is 0 Å². The standard InChI is InChI=1S/C12H24N2/c1-3-9-13-11-7-5-6-8-12(11)14-10-4-2/h13-14H,3-10H2,1-2H3. The summed E-state index contributed by atoms with van der Waals surface area (Å²) in [4.78, 5) is 0. The Bertz CT molecular complexity index is 165. The van der Waals surface area contributed by atoms with Gasteiger partial charge in [-0.25, -0.2) is 0 Å². The maximum atomic E-state index is 3.55. The molecule has 1 rings (SSSR count). The predicted octanol–water partition coefficient (Wildman–Crippen LogP) is 2.77. The van der Waals surface area contributed by atoms with Crippen LogP contribution in [-0.2, 0) is 0 Å². The predicted molar refractivity (Wildman–Crippen MR) is 62.1 cm³/mol. The fourth-order valence-corrected chi connectivity index (χ4v) is 1.85. The molecule has 0 spiro atoms. The Kier molecular flexibility index (Phi) is 5.50. The monoisotopic (exact) mass is 196 g/mol. The van der Waals surface area contributed by atoms with Gasteiger partial charge < -0.3 is 10.6 Å². The third-order valence-corrected chi connectivity index (χ3v) is 2.64. The van der Waals surface area contributed by atoms with Crippen molar-refractivity contribution in [3.63, 3.8) is 0 Å². The highest BCUT2D eigenvalue weighted by Crippen LogP contribution is 2.20. The SMILES string of the molecule is CCCNC1=C(NCCC)CCCC1. The Balaban J connectivity index is 2.45. The molecule has 14 heavy (non-hydrogen) atoms. The van der Waals surface area contributed by atoms with E-state index in [-0.39, 0.29) is 0 Å². The first-order valence-electron chi connectivity index (χ1n) is 6.08. The molecule has 2 heteroatoms. The summed E-state index contributed by atoms with van der Waals surface area (Å²) in [7, 11) is 0. The zero-order chi connectivity index (χ0) is 10.2. The van der Waals surface area contributed by atoms with E-state index in [1.807, 2.05) is 0 Å². The number of hydrogen-bond acceptors (Lipinski definition) is 2. The van der Waals surface area contributed by atoms with Gasteiger partial charge in [-0.1, -0.05) is 13.8 Å². The van der Waals surface area contributed by atoms with Gasteiger partial charge in [-0.15, -0.1) is 0 Å². The highest BCUT2D eigenvalue weighted by Gasteiger charge is 2.11. The third-order valence-electron chi connectivity index (χ3n) is 2.64. The van der Waals surface area contributed by atoms with Crippen LogP contribution in [0.1, 0.15) is 52.4 Å². The van der Waals surface area contributed by atoms with Gasteiger partial charge in [-0.3, -0.25) is 0 Å². The fraction of sp³-hybridized carbons (Fsp3) is 0.833. The molecule has 0 unspecified atom stereocenters. The van der Waals surface area contributed by atoms with E-state index in [2.05, 4.69) is 24.5 Å². The lowest BCUT2D eigenvalue weighted by atomic mass is 10.0. The first-order chi connectivity index (χ1) is 6.88. The second-order valence-corrected chi connectivity index (χ2v) is 4.02. The van der Waals surface area contributed by atoms with E-state index in [0.29, 0.717) is 0 Å². The number of hydrogen-bond donors (Lipinski definition) is 2. The molecule has 2 N–H and O–H groups in total. The van der Waals surface area contributed by atoms with Gasteiger partial charge >= 0.3 is 0 Å². The van der Waals surface area contributed by atoms with Crippen molar-refractivity contribution in [3.05, 3.63) is 11.4 Å². The van der Waals surface area contributed by atoms with E-state index in [1.54, 1.807) is 0 Å². The van der Waals surface area contributed by atoms with Crippen LogP contribution in [-0.4, -0.2) is 13.1 Å². The van der Waals surface area contributed by atoms with Crippen molar-refractivity contribution < 1.29 is 0 Å². The molecule has 82 valence electrons. The molecule has 0 aromatic heterocycles. The Morgan fingerprint density at radius 2 is 1.29 bits per heavy atom. The lowest BCUT2D eigenvalue weighted by Crippen LogP contribution is -2.25. The minimum Gasteiger partial charge on any atom is -0.387 e. The topological polar surface area (TPSA) is 24.1 Å². The molecule has 0 amide bonds. The molecular formula is C12H24N2. The summed E-state index contributed by atoms with van der Waals surface area (Å²) in [6.07, 6.45) is 7.61. The van der Waals surface area contributed by atoms with Gasteiger partial charge in [0, 0.05) is 24.5 Å². The average molecular weight is 196 g/mol. The van der Waals surface area contributed by atoms with Gasteiger partial charge in [0.25, 0.3) is 0 Å². The Hall–Kier alpha value is -0.660. The Morgan fingerprint density at radius 3 is 1.64 bits per heavy atom. The average Bonchev–Trinajstić information content (AvgIpc) is 2.24. The van der Waals surface area contributed by atoms with Crippen LogP contribution in [0.15, 0.2) is 11.4 Å². The van der Waals surface area contributed by atoms with Crippen LogP contribution in [0, 0.1) is 0 Å². The Morgan fingerprint density at radius 1 is 0.857 bits per heavy atom. The van der Waals surface area contributed by atoms with E-state index in [9.17, 15) is 0 Å². The van der Waals surface area contributed by atoms with Crippen LogP contribution in [0.4, 0.5) is 0 Å². The lowest BCUT2D eigenvalue weighted by Gasteiger charge is -2.22. The third kappa shape index (κ3) is 3.60. The molecule has 0 fully saturated rings. The summed E-state index contributed by atoms with van der Waals surface area (Å²) in [5.41, 5.74) is 2.96. The number of allylic oxidation sites excluding steroid dienone is 2. The van der Waals surface area contributed by atoms with Gasteiger partial charge in [-0.05, 0) is 38.5 Å². The molecule has 2 nitrogen and oxygen atoms in total. The zero-order valence-corrected chi connectivity index (χ0v) is 9.66. The smallest absolute Gasteiger partial charge is 0.0299 e. The fourth-order valence-electron chi connectivity index (χ4n) is 1.85. The van der Waals surface area contributed by atoms with Crippen LogP contribution in [0.3, 0.4) is 0 Å². The maximum Gasteiger partial charge on any atom is 0.0299 e. The van der Waals surface area contributed by atoms with Crippen molar-refractivity contribution in [1.82, 2.24) is 10.6 Å². The molecule has 1 aliphatic rings. The van der Waals surface area contributed by atoms with Crippen LogP contribution in [0.2, 0.25) is 0 Å². The number of rotatable bonds is 6.